The van der Waals surface area contributed by atoms with E-state index < -0.39 is 4.92 Å². The molecule has 0 aromatic carbocycles. The number of carbonyl (C=O) groups is 1. The number of anilines is 1. The van der Waals surface area contributed by atoms with Crippen LogP contribution in [0.4, 0.5) is 11.5 Å². The minimum absolute atomic E-state index is 0.0724. The fraction of sp³-hybridized carbons (Fsp3) is 0. The van der Waals surface area contributed by atoms with Gasteiger partial charge in [-0.1, -0.05) is 0 Å². The molecule has 0 aliphatic rings. The van der Waals surface area contributed by atoms with E-state index in [1.54, 1.807) is 0 Å². The van der Waals surface area contributed by atoms with Gasteiger partial charge in [-0.05, 0) is 22.0 Å². The quantitative estimate of drug-likeness (QED) is 0.377. The second kappa shape index (κ2) is 3.94. The van der Waals surface area contributed by atoms with Crippen molar-refractivity contribution in [1.82, 2.24) is 4.98 Å². The van der Waals surface area contributed by atoms with E-state index in [-0.39, 0.29) is 11.5 Å². The summed E-state index contributed by atoms with van der Waals surface area (Å²) in [5.41, 5.74) is 0.0724. The number of aromatic nitrogens is 1. The molecule has 7 heteroatoms. The number of hydrogen-bond acceptors (Lipinski definition) is 4. The molecule has 0 unspecified atom stereocenters. The number of nitrogens with one attached hydrogen (secondary N) is 1. The first kappa shape index (κ1) is 9.59. The van der Waals surface area contributed by atoms with Crippen molar-refractivity contribution in [3.8, 4) is 0 Å². The lowest BCUT2D eigenvalue weighted by atomic mass is 10.4. The molecule has 68 valence electrons. The third kappa shape index (κ3) is 2.22. The molecule has 6 nitrogen and oxygen atoms in total. The molecule has 0 atom stereocenters. The van der Waals surface area contributed by atoms with Crippen LogP contribution in [0.3, 0.4) is 0 Å². The summed E-state index contributed by atoms with van der Waals surface area (Å²) >= 11 is 2.98. The molecule has 0 aliphatic heterocycles. The van der Waals surface area contributed by atoms with Gasteiger partial charge in [-0.2, -0.15) is 0 Å². The molecule has 1 N–H and O–H groups in total. The highest BCUT2D eigenvalue weighted by molar-refractivity contribution is 9.10. The summed E-state index contributed by atoms with van der Waals surface area (Å²) in [4.78, 5) is 23.4. The van der Waals surface area contributed by atoms with Crippen molar-refractivity contribution < 1.29 is 9.72 Å². The molecule has 1 aromatic rings. The summed E-state index contributed by atoms with van der Waals surface area (Å²) < 4.78 is 0.343. The summed E-state index contributed by atoms with van der Waals surface area (Å²) in [6, 6.07) is 2.89. The van der Waals surface area contributed by atoms with Crippen molar-refractivity contribution in [1.29, 1.82) is 0 Å². The summed E-state index contributed by atoms with van der Waals surface area (Å²) in [7, 11) is 0. The maximum atomic E-state index is 10.4. The summed E-state index contributed by atoms with van der Waals surface area (Å²) in [6.07, 6.45) is 0.359. The van der Waals surface area contributed by atoms with Crippen LogP contribution in [0.25, 0.3) is 0 Å². The van der Waals surface area contributed by atoms with Gasteiger partial charge in [0, 0.05) is 15.9 Å². The van der Waals surface area contributed by atoms with E-state index in [0.29, 0.717) is 11.0 Å². The SMILES string of the molecule is O=CNc1ccc(Br)nc1[N+](=O)[O-]. The predicted molar refractivity (Wildman–Crippen MR) is 48.3 cm³/mol. The first-order valence-electron chi connectivity index (χ1n) is 3.16. The molecule has 1 rings (SSSR count). The standard InChI is InChI=1S/C6H4BrN3O3/c7-5-2-1-4(8-3-11)6(9-5)10(12)13/h1-3H,(H,8,11). The first-order chi connectivity index (χ1) is 6.15. The molecular weight excluding hydrogens is 242 g/mol. The average Bonchev–Trinajstić information content (AvgIpc) is 2.08. The van der Waals surface area contributed by atoms with E-state index in [1.807, 2.05) is 0 Å². The van der Waals surface area contributed by atoms with Gasteiger partial charge < -0.3 is 15.4 Å². The van der Waals surface area contributed by atoms with Crippen LogP contribution in [-0.2, 0) is 4.79 Å². The number of halogens is 1. The largest absolute Gasteiger partial charge is 0.388 e. The van der Waals surface area contributed by atoms with E-state index in [9.17, 15) is 14.9 Å². The van der Waals surface area contributed by atoms with Gasteiger partial charge in [-0.25, -0.2) is 0 Å². The van der Waals surface area contributed by atoms with Crippen molar-refractivity contribution in [2.45, 2.75) is 0 Å². The zero-order chi connectivity index (χ0) is 9.84. The molecular formula is C6H4BrN3O3. The van der Waals surface area contributed by atoms with Crippen molar-refractivity contribution >= 4 is 33.8 Å². The van der Waals surface area contributed by atoms with Gasteiger partial charge in [-0.3, -0.25) is 4.79 Å². The van der Waals surface area contributed by atoms with Gasteiger partial charge >= 0.3 is 5.82 Å². The number of carbonyl (C=O) groups excluding carboxylic acids is 1. The molecule has 0 aliphatic carbocycles. The van der Waals surface area contributed by atoms with Gasteiger partial charge in [0.2, 0.25) is 11.0 Å². The molecule has 0 radical (unpaired) electrons. The third-order valence-corrected chi connectivity index (χ3v) is 1.67. The van der Waals surface area contributed by atoms with Crippen LogP contribution in [0.5, 0.6) is 0 Å². The Morgan fingerprint density at radius 2 is 2.31 bits per heavy atom. The monoisotopic (exact) mass is 245 g/mol. The number of nitro groups is 1. The van der Waals surface area contributed by atoms with Gasteiger partial charge in [0.25, 0.3) is 0 Å². The minimum atomic E-state index is -0.670. The van der Waals surface area contributed by atoms with Crippen LogP contribution in [0.2, 0.25) is 0 Å². The second-order valence-electron chi connectivity index (χ2n) is 2.02. The number of pyridine rings is 1. The number of rotatable bonds is 3. The van der Waals surface area contributed by atoms with Crippen LogP contribution in [-0.4, -0.2) is 16.3 Å². The van der Waals surface area contributed by atoms with Crippen LogP contribution >= 0.6 is 15.9 Å². The zero-order valence-electron chi connectivity index (χ0n) is 6.23. The van der Waals surface area contributed by atoms with Crippen LogP contribution < -0.4 is 5.32 Å². The Bertz CT molecular complexity index is 355. The van der Waals surface area contributed by atoms with Gasteiger partial charge in [-0.15, -0.1) is 0 Å². The van der Waals surface area contributed by atoms with Gasteiger partial charge in [0.15, 0.2) is 0 Å². The second-order valence-corrected chi connectivity index (χ2v) is 2.84. The molecule has 0 spiro atoms. The Morgan fingerprint density at radius 1 is 1.62 bits per heavy atom. The van der Waals surface area contributed by atoms with E-state index in [2.05, 4.69) is 26.2 Å². The third-order valence-electron chi connectivity index (χ3n) is 1.23. The summed E-state index contributed by atoms with van der Waals surface area (Å²) in [5, 5.41) is 12.6. The maximum Gasteiger partial charge on any atom is 0.388 e. The Balaban J connectivity index is 3.17. The van der Waals surface area contributed by atoms with E-state index >= 15 is 0 Å². The van der Waals surface area contributed by atoms with Crippen LogP contribution in [0, 0.1) is 10.1 Å². The lowest BCUT2D eigenvalue weighted by molar-refractivity contribution is -0.388. The molecule has 0 saturated heterocycles. The Labute approximate surface area is 81.2 Å². The number of amides is 1. The molecule has 1 heterocycles. The van der Waals surface area contributed by atoms with Crippen molar-refractivity contribution in [3.05, 3.63) is 26.9 Å². The van der Waals surface area contributed by atoms with E-state index in [1.165, 1.54) is 12.1 Å². The Kier molecular flexibility index (Phi) is 2.91. The fourth-order valence-electron chi connectivity index (χ4n) is 0.741. The highest BCUT2D eigenvalue weighted by atomic mass is 79.9. The lowest BCUT2D eigenvalue weighted by Crippen LogP contribution is -2.01. The van der Waals surface area contributed by atoms with Crippen LogP contribution in [0.15, 0.2) is 16.7 Å². The van der Waals surface area contributed by atoms with Crippen molar-refractivity contribution in [3.63, 3.8) is 0 Å². The smallest absolute Gasteiger partial charge is 0.358 e. The highest BCUT2D eigenvalue weighted by Gasteiger charge is 2.15. The van der Waals surface area contributed by atoms with Gasteiger partial charge in [0.05, 0.1) is 0 Å². The molecule has 0 bridgehead atoms. The molecule has 1 aromatic heterocycles. The average molecular weight is 246 g/mol. The molecule has 0 fully saturated rings. The van der Waals surface area contributed by atoms with E-state index in [0.717, 1.165) is 0 Å². The zero-order valence-corrected chi connectivity index (χ0v) is 7.82. The maximum absolute atomic E-state index is 10.4. The summed E-state index contributed by atoms with van der Waals surface area (Å²) in [5.74, 6) is -0.388. The molecule has 1 amide bonds. The Morgan fingerprint density at radius 3 is 2.85 bits per heavy atom. The fourth-order valence-corrected chi connectivity index (χ4v) is 1.04. The predicted octanol–water partition coefficient (Wildman–Crippen LogP) is 1.32. The topological polar surface area (TPSA) is 85.1 Å². The Hall–Kier alpha value is -1.50. The van der Waals surface area contributed by atoms with E-state index in [4.69, 9.17) is 0 Å². The lowest BCUT2D eigenvalue weighted by Gasteiger charge is -1.98. The minimum Gasteiger partial charge on any atom is -0.358 e. The van der Waals surface area contributed by atoms with Crippen molar-refractivity contribution in [2.75, 3.05) is 5.32 Å². The molecule has 0 saturated carbocycles. The molecule has 13 heavy (non-hydrogen) atoms. The highest BCUT2D eigenvalue weighted by Crippen LogP contribution is 2.23. The number of nitrogens with zero attached hydrogens (tertiary/aromatic N) is 2. The van der Waals surface area contributed by atoms with Crippen molar-refractivity contribution in [2.24, 2.45) is 0 Å². The normalized spacial score (nSPS) is 9.31. The van der Waals surface area contributed by atoms with Gasteiger partial charge in [0.1, 0.15) is 5.69 Å². The first-order valence-corrected chi connectivity index (χ1v) is 3.95. The summed E-state index contributed by atoms with van der Waals surface area (Å²) in [6.45, 7) is 0. The van der Waals surface area contributed by atoms with Crippen LogP contribution in [0.1, 0.15) is 0 Å². The number of hydrogen-bond donors (Lipinski definition) is 1.